The molecule has 1 unspecified atom stereocenters. The number of ether oxygens (including phenoxy) is 1. The van der Waals surface area contributed by atoms with Crippen molar-refractivity contribution in [2.24, 2.45) is 0 Å². The third-order valence-corrected chi connectivity index (χ3v) is 50.8. The first-order valence-electron chi connectivity index (χ1n) is 9.02. The molecular formula is C19H27BrCl2NOSiZr. The van der Waals surface area contributed by atoms with E-state index in [4.69, 9.17) is 21.8 Å². The molecule has 0 spiro atoms. The van der Waals surface area contributed by atoms with Gasteiger partial charge in [0.15, 0.2) is 0 Å². The molecule has 1 aliphatic carbocycles. The Morgan fingerprint density at radius 1 is 1.19 bits per heavy atom. The molecule has 7 heteroatoms. The van der Waals surface area contributed by atoms with Crippen molar-refractivity contribution in [1.82, 2.24) is 3.26 Å². The molecule has 1 aliphatic heterocycles. The van der Waals surface area contributed by atoms with Gasteiger partial charge in [0, 0.05) is 0 Å². The second kappa shape index (κ2) is 6.57. The maximum atomic E-state index is 7.65. The summed E-state index contributed by atoms with van der Waals surface area (Å²) in [6, 6.07) is 6.38. The maximum absolute atomic E-state index is 7.65. The molecule has 2 aliphatic rings. The van der Waals surface area contributed by atoms with Gasteiger partial charge in [-0.1, -0.05) is 0 Å². The van der Waals surface area contributed by atoms with E-state index in [-0.39, 0.29) is 11.6 Å². The first kappa shape index (κ1) is 21.3. The number of hydrogen-bond acceptors (Lipinski definition) is 2. The van der Waals surface area contributed by atoms with Crippen LogP contribution in [-0.2, 0) is 20.6 Å². The summed E-state index contributed by atoms with van der Waals surface area (Å²) in [6.07, 6.45) is -0.0759. The summed E-state index contributed by atoms with van der Waals surface area (Å²) in [5, 5.41) is 0. The van der Waals surface area contributed by atoms with E-state index >= 15 is 0 Å². The van der Waals surface area contributed by atoms with Gasteiger partial charge in [-0.15, -0.1) is 0 Å². The Morgan fingerprint density at radius 3 is 2.35 bits per heavy atom. The van der Waals surface area contributed by atoms with Gasteiger partial charge in [0.05, 0.1) is 0 Å². The number of halogens is 3. The standard InChI is InChI=1S/C13H10BrO.C4H10N.C2H7Si.2ClH.Zr/c1-7-8(2)15-13-11-4-3-10(14)5-9(11)6-12(7)13;1-4(2,3)5;1-3-2;;;/h3-5,13H,1-2H3;5H,1-3H3;3H,1-2H3;2*1H;/q;-1;;;;+3/p-2. The van der Waals surface area contributed by atoms with Crippen molar-refractivity contribution in [3.63, 3.8) is 0 Å². The quantitative estimate of drug-likeness (QED) is 0.414. The summed E-state index contributed by atoms with van der Waals surface area (Å²) in [4.78, 5) is 0. The van der Waals surface area contributed by atoms with Gasteiger partial charge in [0.2, 0.25) is 0 Å². The molecule has 0 radical (unpaired) electrons. The van der Waals surface area contributed by atoms with Crippen molar-refractivity contribution in [3.05, 3.63) is 50.7 Å². The van der Waals surface area contributed by atoms with Crippen LogP contribution >= 0.6 is 33.0 Å². The fourth-order valence-electron chi connectivity index (χ4n) is 4.04. The second-order valence-corrected chi connectivity index (χ2v) is 49.3. The molecule has 2 nitrogen and oxygen atoms in total. The number of rotatable bonds is 3. The number of nitrogens with one attached hydrogen (secondary N) is 1. The Balaban J connectivity index is 2.39. The minimum atomic E-state index is -4.50. The molecule has 0 amide bonds. The van der Waals surface area contributed by atoms with Gasteiger partial charge in [-0.05, 0) is 0 Å². The molecule has 3 rings (SSSR count). The fraction of sp³-hybridized carbons (Fsp3) is 0.474. The molecule has 0 saturated heterocycles. The fourth-order valence-corrected chi connectivity index (χ4v) is 29.3. The molecule has 0 aromatic heterocycles. The topological polar surface area (TPSA) is 21.3 Å². The zero-order valence-corrected chi connectivity index (χ0v) is 23.1. The van der Waals surface area contributed by atoms with Crippen LogP contribution in [0.2, 0.25) is 13.1 Å². The average Bonchev–Trinajstić information content (AvgIpc) is 2.92. The van der Waals surface area contributed by atoms with Gasteiger partial charge in [-0.25, -0.2) is 0 Å². The summed E-state index contributed by atoms with van der Waals surface area (Å²) in [5.74, 6) is -0.490. The van der Waals surface area contributed by atoms with Crippen molar-refractivity contribution in [2.45, 2.75) is 59.4 Å². The number of fused-ring (bicyclic) bond motifs is 3. The van der Waals surface area contributed by atoms with Crippen LogP contribution in [0.3, 0.4) is 0 Å². The van der Waals surface area contributed by atoms with E-state index in [1.165, 1.54) is 25.6 Å². The first-order valence-corrected chi connectivity index (χ1v) is 25.7. The monoisotopic (exact) mass is 552 g/mol. The van der Waals surface area contributed by atoms with Crippen LogP contribution in [0.1, 0.15) is 51.8 Å². The Kier molecular flexibility index (Phi) is 5.39. The zero-order chi connectivity index (χ0) is 19.7. The van der Waals surface area contributed by atoms with E-state index in [1.54, 1.807) is 0 Å². The normalized spacial score (nSPS) is 21.7. The average molecular weight is 556 g/mol. The molecule has 0 bridgehead atoms. The van der Waals surface area contributed by atoms with Crippen molar-refractivity contribution in [2.75, 3.05) is 0 Å². The van der Waals surface area contributed by atoms with Crippen LogP contribution < -0.4 is 3.26 Å². The molecule has 0 fully saturated rings. The van der Waals surface area contributed by atoms with E-state index in [0.29, 0.717) is 0 Å². The van der Waals surface area contributed by atoms with Crippen LogP contribution in [0.4, 0.5) is 0 Å². The molecule has 0 saturated carbocycles. The van der Waals surface area contributed by atoms with E-state index in [2.05, 4.69) is 78.2 Å². The van der Waals surface area contributed by atoms with Crippen molar-refractivity contribution < 1.29 is 20.6 Å². The molecule has 1 aromatic rings. The van der Waals surface area contributed by atoms with E-state index in [9.17, 15) is 0 Å². The number of benzene rings is 1. The minimum absolute atomic E-state index is 0.0759. The number of hydrogen-bond donors (Lipinski definition) is 1. The predicted molar refractivity (Wildman–Crippen MR) is 117 cm³/mol. The van der Waals surface area contributed by atoms with Crippen LogP contribution in [0, 0.1) is 0 Å². The van der Waals surface area contributed by atoms with E-state index in [1.807, 2.05) is 6.92 Å². The van der Waals surface area contributed by atoms with E-state index < -0.39 is 21.8 Å². The van der Waals surface area contributed by atoms with Crippen LogP contribution in [0.15, 0.2) is 39.6 Å². The van der Waals surface area contributed by atoms with Gasteiger partial charge in [-0.2, -0.15) is 0 Å². The molecule has 1 atom stereocenters. The molecule has 26 heavy (non-hydrogen) atoms. The summed E-state index contributed by atoms with van der Waals surface area (Å²) >= 11 is -0.867. The van der Waals surface area contributed by atoms with E-state index in [0.717, 1.165) is 10.2 Å². The van der Waals surface area contributed by atoms with Gasteiger partial charge < -0.3 is 0 Å². The predicted octanol–water partition coefficient (Wildman–Crippen LogP) is 6.82. The van der Waals surface area contributed by atoms with Gasteiger partial charge in [0.25, 0.3) is 0 Å². The summed E-state index contributed by atoms with van der Waals surface area (Å²) in [5.41, 5.74) is 4.59. The SMILES string of the molecule is CC1=C(C)C2=[C]([Zr]([Cl])([Cl])([NH]C(C)(C)C)[SiH](C)C)c3cc(Br)ccc3C2O1. The van der Waals surface area contributed by atoms with Gasteiger partial charge >= 0.3 is 176 Å². The van der Waals surface area contributed by atoms with Crippen LogP contribution in [-0.4, -0.2) is 11.5 Å². The first-order chi connectivity index (χ1) is 11.8. The van der Waals surface area contributed by atoms with Crippen molar-refractivity contribution in [3.8, 4) is 0 Å². The molecule has 143 valence electrons. The summed E-state index contributed by atoms with van der Waals surface area (Å²) in [6.45, 7) is 15.2. The van der Waals surface area contributed by atoms with Crippen LogP contribution in [0.5, 0.6) is 0 Å². The summed E-state index contributed by atoms with van der Waals surface area (Å²) < 4.78 is 12.3. The zero-order valence-electron chi connectivity index (χ0n) is 16.4. The second-order valence-electron chi connectivity index (χ2n) is 8.81. The molecule has 1 aromatic carbocycles. The van der Waals surface area contributed by atoms with Crippen LogP contribution in [0.25, 0.3) is 3.28 Å². The van der Waals surface area contributed by atoms with Gasteiger partial charge in [0.1, 0.15) is 0 Å². The van der Waals surface area contributed by atoms with Crippen molar-refractivity contribution in [1.29, 1.82) is 0 Å². The Hall–Kier alpha value is 0.620. The molecule has 1 heterocycles. The Morgan fingerprint density at radius 2 is 1.81 bits per heavy atom. The number of allylic oxidation sites excluding steroid dienone is 1. The molecular weight excluding hydrogens is 528 g/mol. The Labute approximate surface area is 174 Å². The van der Waals surface area contributed by atoms with Crippen molar-refractivity contribution >= 4 is 42.2 Å². The van der Waals surface area contributed by atoms with Gasteiger partial charge in [-0.3, -0.25) is 0 Å². The third-order valence-electron chi connectivity index (χ3n) is 5.40. The molecule has 1 N–H and O–H groups in total. The summed E-state index contributed by atoms with van der Waals surface area (Å²) in [7, 11) is 15.3. The Bertz CT molecular complexity index is 858. The third kappa shape index (κ3) is 3.29.